The highest BCUT2D eigenvalue weighted by Gasteiger charge is 2.29. The van der Waals surface area contributed by atoms with Crippen LogP contribution < -0.4 is 20.0 Å². The number of carbonyl (C=O) groups is 1. The first-order valence-corrected chi connectivity index (χ1v) is 14.4. The van der Waals surface area contributed by atoms with Gasteiger partial charge in [0.1, 0.15) is 22.5 Å². The number of para-hydroxylation sites is 2. The maximum Gasteiger partial charge on any atom is 0.341 e. The van der Waals surface area contributed by atoms with Crippen LogP contribution in [-0.4, -0.2) is 71.8 Å². The number of methoxy groups -OCH3 is 1. The molecule has 4 aromatic rings. The molecule has 230 valence electrons. The Labute approximate surface area is 253 Å². The van der Waals surface area contributed by atoms with Gasteiger partial charge in [0.25, 0.3) is 5.69 Å². The van der Waals surface area contributed by atoms with Gasteiger partial charge in [0.15, 0.2) is 11.6 Å². The maximum absolute atomic E-state index is 15.9. The average Bonchev–Trinajstić information content (AvgIpc) is 3.03. The van der Waals surface area contributed by atoms with Gasteiger partial charge in [0.05, 0.1) is 17.4 Å². The molecule has 0 amide bonds. The molecule has 5 rings (SSSR count). The average molecular weight is 604 g/mol. The number of benzene rings is 3. The van der Waals surface area contributed by atoms with Crippen LogP contribution in [0.15, 0.2) is 65.6 Å². The molecule has 1 aromatic heterocycles. The van der Waals surface area contributed by atoms with E-state index in [4.69, 9.17) is 4.74 Å². The third-order valence-corrected chi connectivity index (χ3v) is 8.14. The Morgan fingerprint density at radius 2 is 1.68 bits per heavy atom. The predicted octanol–water partition coefficient (Wildman–Crippen LogP) is 4.91. The number of ether oxygens (including phenoxy) is 1. The lowest BCUT2D eigenvalue weighted by Crippen LogP contribution is -2.47. The molecule has 0 saturated carbocycles. The summed E-state index contributed by atoms with van der Waals surface area (Å²) in [5.41, 5.74) is 1.21. The second kappa shape index (κ2) is 12.7. The number of nitro groups is 1. The van der Waals surface area contributed by atoms with Crippen molar-refractivity contribution in [2.24, 2.45) is 0 Å². The molecule has 2 heterocycles. The van der Waals surface area contributed by atoms with E-state index in [0.717, 1.165) is 31.3 Å². The van der Waals surface area contributed by atoms with Gasteiger partial charge in [-0.2, -0.15) is 0 Å². The number of anilines is 2. The fraction of sp³-hybridized carbons (Fsp3) is 0.312. The number of rotatable bonds is 10. The molecule has 44 heavy (non-hydrogen) atoms. The third kappa shape index (κ3) is 5.68. The van der Waals surface area contributed by atoms with Gasteiger partial charge in [-0.1, -0.05) is 38.1 Å². The van der Waals surface area contributed by atoms with Crippen LogP contribution >= 0.6 is 0 Å². The first-order valence-electron chi connectivity index (χ1n) is 14.4. The molecule has 0 spiro atoms. The zero-order chi connectivity index (χ0) is 31.5. The van der Waals surface area contributed by atoms with Crippen LogP contribution in [-0.2, 0) is 6.54 Å². The zero-order valence-electron chi connectivity index (χ0n) is 24.8. The van der Waals surface area contributed by atoms with Crippen molar-refractivity contribution in [2.45, 2.75) is 20.4 Å². The lowest BCUT2D eigenvalue weighted by atomic mass is 10.1. The van der Waals surface area contributed by atoms with Gasteiger partial charge in [0, 0.05) is 50.7 Å². The van der Waals surface area contributed by atoms with Gasteiger partial charge in [-0.25, -0.2) is 9.18 Å². The van der Waals surface area contributed by atoms with E-state index in [2.05, 4.69) is 18.7 Å². The SMILES string of the molecule is CCN(CC)Cc1ccc(-n2cc(C(=O)O)c(=O)c3cc(F)c(N4CCN(c5ccccc5[N+](=O)[O-])CC4)c(OC)c32)cc1. The van der Waals surface area contributed by atoms with Crippen molar-refractivity contribution >= 4 is 33.9 Å². The summed E-state index contributed by atoms with van der Waals surface area (Å²) in [5.74, 6) is -2.05. The van der Waals surface area contributed by atoms with Crippen LogP contribution in [0.25, 0.3) is 16.6 Å². The Balaban J connectivity index is 1.59. The Morgan fingerprint density at radius 1 is 1.05 bits per heavy atom. The summed E-state index contributed by atoms with van der Waals surface area (Å²) in [5, 5.41) is 21.3. The molecule has 1 N–H and O–H groups in total. The number of nitro benzene ring substituents is 1. The quantitative estimate of drug-likeness (QED) is 0.199. The number of nitrogens with zero attached hydrogens (tertiary/aromatic N) is 5. The second-order valence-electron chi connectivity index (χ2n) is 10.5. The van der Waals surface area contributed by atoms with Crippen molar-refractivity contribution in [1.29, 1.82) is 0 Å². The van der Waals surface area contributed by atoms with Crippen LogP contribution in [0.5, 0.6) is 5.75 Å². The minimum absolute atomic E-state index is 0.00298. The topological polar surface area (TPSA) is 121 Å². The van der Waals surface area contributed by atoms with Crippen LogP contribution in [0.2, 0.25) is 0 Å². The van der Waals surface area contributed by atoms with Gasteiger partial charge in [-0.15, -0.1) is 0 Å². The summed E-state index contributed by atoms with van der Waals surface area (Å²) in [6.07, 6.45) is 1.25. The molecule has 0 radical (unpaired) electrons. The minimum atomic E-state index is -1.42. The highest BCUT2D eigenvalue weighted by Crippen LogP contribution is 2.40. The number of aromatic carboxylic acids is 1. The van der Waals surface area contributed by atoms with Crippen LogP contribution in [0.4, 0.5) is 21.5 Å². The number of carboxylic acids is 1. The largest absolute Gasteiger partial charge is 0.492 e. The monoisotopic (exact) mass is 603 g/mol. The molecule has 1 fully saturated rings. The molecule has 11 nitrogen and oxygen atoms in total. The summed E-state index contributed by atoms with van der Waals surface area (Å²) < 4.78 is 23.2. The number of pyridine rings is 1. The van der Waals surface area contributed by atoms with Crippen LogP contribution in [0, 0.1) is 15.9 Å². The van der Waals surface area contributed by atoms with Crippen molar-refractivity contribution in [3.05, 3.63) is 98.1 Å². The Kier molecular flexibility index (Phi) is 8.81. The highest BCUT2D eigenvalue weighted by atomic mass is 19.1. The van der Waals surface area contributed by atoms with E-state index in [1.165, 1.54) is 19.4 Å². The van der Waals surface area contributed by atoms with Crippen molar-refractivity contribution in [3.63, 3.8) is 0 Å². The van der Waals surface area contributed by atoms with Crippen LogP contribution in [0.3, 0.4) is 0 Å². The lowest BCUT2D eigenvalue weighted by Gasteiger charge is -2.37. The van der Waals surface area contributed by atoms with E-state index >= 15 is 4.39 Å². The fourth-order valence-corrected chi connectivity index (χ4v) is 5.78. The second-order valence-corrected chi connectivity index (χ2v) is 10.5. The molecule has 12 heteroatoms. The number of hydrogen-bond donors (Lipinski definition) is 1. The smallest absolute Gasteiger partial charge is 0.341 e. The van der Waals surface area contributed by atoms with Crippen molar-refractivity contribution < 1.29 is 24.0 Å². The number of fused-ring (bicyclic) bond motifs is 1. The summed E-state index contributed by atoms with van der Waals surface area (Å²) in [7, 11) is 1.38. The number of hydrogen-bond acceptors (Lipinski definition) is 8. The molecule has 0 aliphatic carbocycles. The number of aromatic nitrogens is 1. The normalized spacial score (nSPS) is 13.5. The van der Waals surface area contributed by atoms with Gasteiger partial charge < -0.3 is 24.2 Å². The Bertz CT molecular complexity index is 1760. The van der Waals surface area contributed by atoms with Crippen LogP contribution in [0.1, 0.15) is 29.8 Å². The molecule has 1 saturated heterocycles. The van der Waals surface area contributed by atoms with Crippen molar-refractivity contribution in [3.8, 4) is 11.4 Å². The summed E-state index contributed by atoms with van der Waals surface area (Å²) in [6.45, 7) is 8.12. The van der Waals surface area contributed by atoms with Gasteiger partial charge in [-0.05, 0) is 42.9 Å². The molecular formula is C32H34FN5O6. The molecule has 1 aliphatic heterocycles. The van der Waals surface area contributed by atoms with Crippen molar-refractivity contribution in [2.75, 3.05) is 56.2 Å². The summed E-state index contributed by atoms with van der Waals surface area (Å²) in [6, 6.07) is 15.1. The number of halogens is 1. The van der Waals surface area contributed by atoms with E-state index < -0.39 is 27.7 Å². The summed E-state index contributed by atoms with van der Waals surface area (Å²) >= 11 is 0. The fourth-order valence-electron chi connectivity index (χ4n) is 5.78. The van der Waals surface area contributed by atoms with E-state index in [0.29, 0.717) is 37.6 Å². The van der Waals surface area contributed by atoms with E-state index in [1.807, 2.05) is 29.2 Å². The highest BCUT2D eigenvalue weighted by molar-refractivity contribution is 5.98. The number of piperazine rings is 1. The maximum atomic E-state index is 15.9. The van der Waals surface area contributed by atoms with Gasteiger partial charge in [0.2, 0.25) is 5.43 Å². The number of carboxylic acid groups (broad SMARTS) is 1. The Hall–Kier alpha value is -4.97. The zero-order valence-corrected chi connectivity index (χ0v) is 24.8. The van der Waals surface area contributed by atoms with E-state index in [1.54, 1.807) is 27.7 Å². The first-order chi connectivity index (χ1) is 21.2. The molecule has 0 bridgehead atoms. The lowest BCUT2D eigenvalue weighted by molar-refractivity contribution is -0.384. The molecular weight excluding hydrogens is 569 g/mol. The predicted molar refractivity (Wildman–Crippen MR) is 167 cm³/mol. The summed E-state index contributed by atoms with van der Waals surface area (Å²) in [4.78, 5) is 42.4. The molecule has 0 atom stereocenters. The molecule has 0 unspecified atom stereocenters. The Morgan fingerprint density at radius 3 is 2.27 bits per heavy atom. The van der Waals surface area contributed by atoms with E-state index in [-0.39, 0.29) is 28.0 Å². The van der Waals surface area contributed by atoms with E-state index in [9.17, 15) is 24.8 Å². The minimum Gasteiger partial charge on any atom is -0.492 e. The third-order valence-electron chi connectivity index (χ3n) is 8.14. The van der Waals surface area contributed by atoms with Gasteiger partial charge in [-0.3, -0.25) is 19.8 Å². The van der Waals surface area contributed by atoms with Gasteiger partial charge >= 0.3 is 5.97 Å². The standard InChI is InChI=1S/C32H34FN5O6/c1-4-34(5-2)19-21-10-12-22(13-11-21)37-20-24(32(40)41)30(39)23-18-25(33)29(31(44-3)28(23)37)36-16-14-35(15-17-36)26-8-6-7-9-27(26)38(42)43/h6-13,18,20H,4-5,14-17,19H2,1-3H3,(H,40,41). The molecule has 1 aliphatic rings. The van der Waals surface area contributed by atoms with Crippen molar-refractivity contribution in [1.82, 2.24) is 9.47 Å². The molecule has 3 aromatic carbocycles. The first kappa shape index (κ1) is 30.5.